The number of halogens is 2. The van der Waals surface area contributed by atoms with Crippen LogP contribution in [-0.2, 0) is 15.6 Å². The van der Waals surface area contributed by atoms with Gasteiger partial charge in [-0.3, -0.25) is 0 Å². The molecular weight excluding hydrogens is 863 g/mol. The van der Waals surface area contributed by atoms with Crippen LogP contribution in [0.1, 0.15) is 120 Å². The van der Waals surface area contributed by atoms with E-state index in [1.54, 1.807) is 11.1 Å². The second-order valence-electron chi connectivity index (χ2n) is 19.4. The van der Waals surface area contributed by atoms with E-state index in [2.05, 4.69) is 147 Å². The first-order valence-corrected chi connectivity index (χ1v) is 39.5. The van der Waals surface area contributed by atoms with Crippen LogP contribution in [0.2, 0.25) is 12.6 Å². The number of fused-ring (bicyclic) bond motifs is 4. The zero-order valence-corrected chi connectivity index (χ0v) is 40.9. The van der Waals surface area contributed by atoms with E-state index in [-0.39, 0.29) is 7.25 Å². The fraction of sp³-hybridized carbons (Fsp3) is 0.357. The van der Waals surface area contributed by atoms with Crippen LogP contribution >= 0.6 is 17.0 Å². The first-order valence-electron chi connectivity index (χ1n) is 23.5. The Morgan fingerprint density at radius 3 is 1.38 bits per heavy atom. The van der Waals surface area contributed by atoms with E-state index < -0.39 is 21.5 Å². The first kappa shape index (κ1) is 41.0. The molecule has 3 unspecified atom stereocenters. The number of hydrogen-bond acceptors (Lipinski definition) is 0. The Bertz CT molecular complexity index is 2450. The Hall–Kier alpha value is -3.00. The number of hydrogen-bond donors (Lipinski definition) is 0. The number of rotatable bonds is 11. The second-order valence-corrected chi connectivity index (χ2v) is 60.7. The van der Waals surface area contributed by atoms with Gasteiger partial charge in [-0.2, -0.15) is 0 Å². The van der Waals surface area contributed by atoms with E-state index in [1.807, 2.05) is 0 Å². The monoisotopic (exact) mass is 921 g/mol. The molecule has 4 aliphatic carbocycles. The SMILES string of the molecule is CCC[SiH](C)[Zr]([Cl])([Cl])([CH]1C(CC2CCCCC2)=Cc2c(-c3ccc4ccccc4c3)cccc21)[CH]1C(CC2CCCCC2)=Cc2c(-c3ccc4ccccc4c3)cccc21. The molecule has 0 amide bonds. The molecule has 0 N–H and O–H groups in total. The van der Waals surface area contributed by atoms with Crippen molar-refractivity contribution < 1.29 is 15.6 Å². The van der Waals surface area contributed by atoms with Gasteiger partial charge < -0.3 is 0 Å². The van der Waals surface area contributed by atoms with Crippen molar-refractivity contribution in [2.45, 2.75) is 110 Å². The van der Waals surface area contributed by atoms with E-state index in [4.69, 9.17) is 0 Å². The molecule has 2 fully saturated rings. The third-order valence-corrected chi connectivity index (χ3v) is 66.1. The molecule has 3 atom stereocenters. The van der Waals surface area contributed by atoms with Gasteiger partial charge in [-0.05, 0) is 0 Å². The molecule has 10 rings (SSSR count). The summed E-state index contributed by atoms with van der Waals surface area (Å²) in [6, 6.07) is 47.2. The minimum atomic E-state index is -5.11. The van der Waals surface area contributed by atoms with Crippen molar-refractivity contribution >= 4 is 56.6 Å². The molecule has 0 nitrogen and oxygen atoms in total. The molecule has 0 spiro atoms. The van der Waals surface area contributed by atoms with E-state index in [0.29, 0.717) is 11.8 Å². The standard InChI is InChI=1S/2C26H25.C4H11Si.2ClH.Zr/c2*1-2-7-19(8-3-1)15-20-16-23-11-6-12-25(26(23)17-20)24-14-13-21-9-4-5-10-22(21)18-24;1-3-4-5-2;;;/h2*4-6,9-14,16-19H,1-3,7-8,15H2;5H,3-4H2,1-2H3;2*1H;/q;;;;;+2/p-2. The van der Waals surface area contributed by atoms with Gasteiger partial charge in [0, 0.05) is 0 Å². The molecule has 4 aliphatic rings. The van der Waals surface area contributed by atoms with Crippen LogP contribution in [0.25, 0.3) is 56.0 Å². The molecule has 0 aliphatic heterocycles. The molecular formula is C56H61Cl2SiZr. The van der Waals surface area contributed by atoms with Crippen molar-refractivity contribution in [1.82, 2.24) is 0 Å². The van der Waals surface area contributed by atoms with Gasteiger partial charge >= 0.3 is 371 Å². The predicted molar refractivity (Wildman–Crippen MR) is 262 cm³/mol. The van der Waals surface area contributed by atoms with Crippen LogP contribution in [-0.4, -0.2) is 5.92 Å². The van der Waals surface area contributed by atoms with Crippen LogP contribution in [0.5, 0.6) is 0 Å². The molecule has 6 aromatic rings. The van der Waals surface area contributed by atoms with Crippen LogP contribution < -0.4 is 0 Å². The average molecular weight is 924 g/mol. The molecule has 0 heterocycles. The average Bonchev–Trinajstić information content (AvgIpc) is 3.86. The second kappa shape index (κ2) is 16.9. The van der Waals surface area contributed by atoms with E-state index in [9.17, 15) is 17.0 Å². The Kier molecular flexibility index (Phi) is 11.6. The maximum absolute atomic E-state index is 9.32. The predicted octanol–water partition coefficient (Wildman–Crippen LogP) is 17.6. The van der Waals surface area contributed by atoms with E-state index in [0.717, 1.165) is 19.3 Å². The van der Waals surface area contributed by atoms with Gasteiger partial charge in [-0.25, -0.2) is 0 Å². The van der Waals surface area contributed by atoms with Gasteiger partial charge in [0.25, 0.3) is 0 Å². The Balaban J connectivity index is 1.19. The normalized spacial score (nSPS) is 21.0. The van der Waals surface area contributed by atoms with Crippen LogP contribution in [0.15, 0.2) is 132 Å². The fourth-order valence-corrected chi connectivity index (χ4v) is 53.9. The summed E-state index contributed by atoms with van der Waals surface area (Å²) >= 11 is -5.11. The van der Waals surface area contributed by atoms with Gasteiger partial charge in [0.15, 0.2) is 0 Å². The van der Waals surface area contributed by atoms with Crippen molar-refractivity contribution in [3.8, 4) is 22.3 Å². The maximum atomic E-state index is 9.32. The molecule has 6 aromatic carbocycles. The summed E-state index contributed by atoms with van der Waals surface area (Å²) in [5.41, 5.74) is 14.1. The van der Waals surface area contributed by atoms with E-state index in [1.165, 1.54) is 136 Å². The van der Waals surface area contributed by atoms with Gasteiger partial charge in [-0.15, -0.1) is 0 Å². The molecule has 307 valence electrons. The van der Waals surface area contributed by atoms with Crippen LogP contribution in [0.3, 0.4) is 0 Å². The zero-order chi connectivity index (χ0) is 40.9. The van der Waals surface area contributed by atoms with Gasteiger partial charge in [0.1, 0.15) is 0 Å². The summed E-state index contributed by atoms with van der Waals surface area (Å²) in [5, 5.41) is 5.16. The Morgan fingerprint density at radius 1 is 0.517 bits per heavy atom. The zero-order valence-electron chi connectivity index (χ0n) is 35.7. The topological polar surface area (TPSA) is 0 Å². The summed E-state index contributed by atoms with van der Waals surface area (Å²) < 4.78 is 0.241. The summed E-state index contributed by atoms with van der Waals surface area (Å²) in [4.78, 5) is 0. The Labute approximate surface area is 368 Å². The van der Waals surface area contributed by atoms with Crippen molar-refractivity contribution in [2.75, 3.05) is 0 Å². The summed E-state index contributed by atoms with van der Waals surface area (Å²) in [6.07, 6.45) is 22.1. The third-order valence-electron chi connectivity index (χ3n) is 15.7. The quantitative estimate of drug-likeness (QED) is 0.114. The van der Waals surface area contributed by atoms with Crippen LogP contribution in [0.4, 0.5) is 0 Å². The molecule has 0 saturated heterocycles. The summed E-state index contributed by atoms with van der Waals surface area (Å²) in [7, 11) is 18.6. The molecule has 0 bridgehead atoms. The van der Waals surface area contributed by atoms with Gasteiger partial charge in [0.05, 0.1) is 0 Å². The first-order chi connectivity index (χ1) is 29.3. The van der Waals surface area contributed by atoms with E-state index >= 15 is 0 Å². The van der Waals surface area contributed by atoms with Crippen molar-refractivity contribution in [3.63, 3.8) is 0 Å². The molecule has 0 radical (unpaired) electrons. The summed E-state index contributed by atoms with van der Waals surface area (Å²) in [5.74, 6) is -0.342. The van der Waals surface area contributed by atoms with Gasteiger partial charge in [-0.1, -0.05) is 0 Å². The van der Waals surface area contributed by atoms with Crippen molar-refractivity contribution in [2.24, 2.45) is 11.8 Å². The molecule has 0 aromatic heterocycles. The molecule has 4 heteroatoms. The Morgan fingerprint density at radius 2 is 0.950 bits per heavy atom. The number of allylic oxidation sites excluding steroid dienone is 2. The summed E-state index contributed by atoms with van der Waals surface area (Å²) in [6.45, 7) is 5.01. The number of benzene rings is 6. The van der Waals surface area contributed by atoms with Crippen molar-refractivity contribution in [3.05, 3.63) is 155 Å². The van der Waals surface area contributed by atoms with Gasteiger partial charge in [0.2, 0.25) is 0 Å². The molecule has 60 heavy (non-hydrogen) atoms. The molecule has 2 saturated carbocycles. The van der Waals surface area contributed by atoms with Crippen LogP contribution in [0, 0.1) is 11.8 Å². The van der Waals surface area contributed by atoms with Crippen molar-refractivity contribution in [1.29, 1.82) is 0 Å². The minimum absolute atomic E-state index is 0.121. The third kappa shape index (κ3) is 7.32. The fourth-order valence-electron chi connectivity index (χ4n) is 12.7.